The second kappa shape index (κ2) is 3.37. The van der Waals surface area contributed by atoms with Gasteiger partial charge in [-0.15, -0.1) is 0 Å². The van der Waals surface area contributed by atoms with E-state index < -0.39 is 0 Å². The SMILES string of the molecule is Cc1cccc(NN(C)[O-])c1. The minimum absolute atomic E-state index is 0.675. The minimum atomic E-state index is 0.675. The number of hydrogen-bond acceptors (Lipinski definition) is 3. The van der Waals surface area contributed by atoms with Gasteiger partial charge in [-0.2, -0.15) is 0 Å². The van der Waals surface area contributed by atoms with Crippen molar-refractivity contribution < 1.29 is 0 Å². The lowest BCUT2D eigenvalue weighted by molar-refractivity contribution is 0.555. The third kappa shape index (κ3) is 2.57. The molecule has 0 saturated heterocycles. The molecule has 0 heterocycles. The van der Waals surface area contributed by atoms with Gasteiger partial charge in [-0.25, -0.2) is 0 Å². The van der Waals surface area contributed by atoms with Crippen molar-refractivity contribution in [2.45, 2.75) is 6.92 Å². The Morgan fingerprint density at radius 2 is 2.18 bits per heavy atom. The van der Waals surface area contributed by atoms with E-state index in [4.69, 9.17) is 0 Å². The van der Waals surface area contributed by atoms with Crippen LogP contribution in [0.3, 0.4) is 0 Å². The van der Waals surface area contributed by atoms with Gasteiger partial charge in [0, 0.05) is 5.69 Å². The summed E-state index contributed by atoms with van der Waals surface area (Å²) in [7, 11) is 1.42. The Balaban J connectivity index is 2.71. The lowest BCUT2D eigenvalue weighted by atomic mass is 10.2. The molecule has 0 aromatic heterocycles. The molecule has 3 heteroatoms. The van der Waals surface area contributed by atoms with E-state index in [9.17, 15) is 5.21 Å². The average molecular weight is 151 g/mol. The van der Waals surface area contributed by atoms with Crippen molar-refractivity contribution in [1.82, 2.24) is 5.17 Å². The van der Waals surface area contributed by atoms with E-state index in [-0.39, 0.29) is 0 Å². The summed E-state index contributed by atoms with van der Waals surface area (Å²) in [6.45, 7) is 1.98. The Kier molecular flexibility index (Phi) is 2.46. The fourth-order valence-electron chi connectivity index (χ4n) is 0.896. The number of anilines is 1. The van der Waals surface area contributed by atoms with Crippen LogP contribution in [0.25, 0.3) is 0 Å². The van der Waals surface area contributed by atoms with Gasteiger partial charge in [-0.1, -0.05) is 12.1 Å². The lowest BCUT2D eigenvalue weighted by Gasteiger charge is -2.24. The van der Waals surface area contributed by atoms with Gasteiger partial charge >= 0.3 is 0 Å². The number of aryl methyl sites for hydroxylation is 1. The summed E-state index contributed by atoms with van der Waals surface area (Å²) in [5.74, 6) is 0. The van der Waals surface area contributed by atoms with Crippen LogP contribution in [0.15, 0.2) is 24.3 Å². The van der Waals surface area contributed by atoms with Crippen molar-refractivity contribution in [3.63, 3.8) is 0 Å². The van der Waals surface area contributed by atoms with Gasteiger partial charge < -0.3 is 15.8 Å². The highest BCUT2D eigenvalue weighted by Gasteiger charge is 1.88. The Bertz CT molecular complexity index is 235. The smallest absolute Gasteiger partial charge is 0.0482 e. The number of hydroxylamine groups is 1. The Morgan fingerprint density at radius 3 is 2.73 bits per heavy atom. The van der Waals surface area contributed by atoms with Gasteiger partial charge in [0.1, 0.15) is 0 Å². The second-order valence-electron chi connectivity index (χ2n) is 2.48. The van der Waals surface area contributed by atoms with Crippen LogP contribution in [0, 0.1) is 12.1 Å². The van der Waals surface area contributed by atoms with Gasteiger partial charge in [0.2, 0.25) is 0 Å². The number of nitrogens with zero attached hydrogens (tertiary/aromatic N) is 1. The molecule has 11 heavy (non-hydrogen) atoms. The van der Waals surface area contributed by atoms with Crippen molar-refractivity contribution in [2.24, 2.45) is 0 Å². The topological polar surface area (TPSA) is 38.3 Å². The summed E-state index contributed by atoms with van der Waals surface area (Å²) in [6, 6.07) is 7.65. The van der Waals surface area contributed by atoms with Crippen molar-refractivity contribution >= 4 is 5.69 Å². The largest absolute Gasteiger partial charge is 0.768 e. The van der Waals surface area contributed by atoms with Gasteiger partial charge in [-0.3, -0.25) is 0 Å². The Hall–Kier alpha value is -1.06. The maximum absolute atomic E-state index is 10.5. The van der Waals surface area contributed by atoms with Crippen LogP contribution in [0.2, 0.25) is 0 Å². The molecule has 0 bridgehead atoms. The zero-order valence-corrected chi connectivity index (χ0v) is 6.66. The predicted molar refractivity (Wildman–Crippen MR) is 45.9 cm³/mol. The summed E-state index contributed by atoms with van der Waals surface area (Å²) in [5, 5.41) is 11.2. The first-order chi connectivity index (χ1) is 5.18. The Morgan fingerprint density at radius 1 is 1.45 bits per heavy atom. The molecule has 0 amide bonds. The molecular formula is C8H11N2O-. The third-order valence-corrected chi connectivity index (χ3v) is 1.30. The van der Waals surface area contributed by atoms with Crippen LogP contribution in [0.4, 0.5) is 5.69 Å². The molecule has 1 aromatic carbocycles. The van der Waals surface area contributed by atoms with Crippen LogP contribution in [-0.2, 0) is 0 Å². The monoisotopic (exact) mass is 151 g/mol. The first-order valence-corrected chi connectivity index (χ1v) is 3.42. The summed E-state index contributed by atoms with van der Waals surface area (Å²) >= 11 is 0. The number of hydrazine groups is 1. The van der Waals surface area contributed by atoms with Crippen LogP contribution in [0.5, 0.6) is 0 Å². The van der Waals surface area contributed by atoms with Crippen LogP contribution < -0.4 is 5.43 Å². The number of nitrogens with one attached hydrogen (secondary N) is 1. The van der Waals surface area contributed by atoms with Crippen molar-refractivity contribution in [1.29, 1.82) is 0 Å². The van der Waals surface area contributed by atoms with E-state index in [1.54, 1.807) is 0 Å². The van der Waals surface area contributed by atoms with Gasteiger partial charge in [-0.05, 0) is 31.7 Å². The standard InChI is InChI=1S/C8H11N2O/c1-7-4-3-5-8(6-7)9-10(2)11/h3-6,9H,1-2H3/q-1. The van der Waals surface area contributed by atoms with E-state index in [1.807, 2.05) is 31.2 Å². The molecule has 1 N–H and O–H groups in total. The Labute approximate surface area is 66.2 Å². The molecule has 0 saturated carbocycles. The van der Waals surface area contributed by atoms with Crippen LogP contribution in [-0.4, -0.2) is 12.2 Å². The summed E-state index contributed by atoms with van der Waals surface area (Å²) in [5.41, 5.74) is 4.58. The molecule has 0 spiro atoms. The highest BCUT2D eigenvalue weighted by atomic mass is 16.5. The van der Waals surface area contributed by atoms with E-state index in [0.717, 1.165) is 11.3 Å². The van der Waals surface area contributed by atoms with Crippen molar-refractivity contribution in [2.75, 3.05) is 12.5 Å². The maximum atomic E-state index is 10.5. The lowest BCUT2D eigenvalue weighted by Crippen LogP contribution is -2.17. The van der Waals surface area contributed by atoms with Crippen molar-refractivity contribution in [3.05, 3.63) is 35.0 Å². The van der Waals surface area contributed by atoms with E-state index in [2.05, 4.69) is 5.43 Å². The summed E-state index contributed by atoms with van der Waals surface area (Å²) in [4.78, 5) is 0. The first-order valence-electron chi connectivity index (χ1n) is 3.42. The highest BCUT2D eigenvalue weighted by molar-refractivity contribution is 5.44. The fourth-order valence-corrected chi connectivity index (χ4v) is 0.896. The summed E-state index contributed by atoms with van der Waals surface area (Å²) < 4.78 is 0. The van der Waals surface area contributed by atoms with Gasteiger partial charge in [0.15, 0.2) is 0 Å². The number of benzene rings is 1. The molecule has 0 aliphatic heterocycles. The van der Waals surface area contributed by atoms with E-state index in [0.29, 0.717) is 5.17 Å². The minimum Gasteiger partial charge on any atom is -0.768 e. The van der Waals surface area contributed by atoms with Crippen LogP contribution in [0.1, 0.15) is 5.56 Å². The third-order valence-electron chi connectivity index (χ3n) is 1.30. The molecule has 0 aliphatic carbocycles. The molecule has 60 valence electrons. The quantitative estimate of drug-likeness (QED) is 0.654. The van der Waals surface area contributed by atoms with Crippen molar-refractivity contribution in [3.8, 4) is 0 Å². The van der Waals surface area contributed by atoms with Crippen LogP contribution >= 0.6 is 0 Å². The number of rotatable bonds is 2. The predicted octanol–water partition coefficient (Wildman–Crippen LogP) is 1.75. The van der Waals surface area contributed by atoms with E-state index in [1.165, 1.54) is 7.05 Å². The molecule has 3 nitrogen and oxygen atoms in total. The average Bonchev–Trinajstić information content (AvgIpc) is 1.85. The zero-order chi connectivity index (χ0) is 8.27. The molecule has 0 unspecified atom stereocenters. The maximum Gasteiger partial charge on any atom is 0.0482 e. The van der Waals surface area contributed by atoms with Gasteiger partial charge in [0.25, 0.3) is 0 Å². The van der Waals surface area contributed by atoms with E-state index >= 15 is 0 Å². The normalized spacial score (nSPS) is 10.2. The molecule has 0 fully saturated rings. The number of hydrogen-bond donors (Lipinski definition) is 1. The zero-order valence-electron chi connectivity index (χ0n) is 6.66. The van der Waals surface area contributed by atoms with Gasteiger partial charge in [0.05, 0.1) is 0 Å². The summed E-state index contributed by atoms with van der Waals surface area (Å²) in [6.07, 6.45) is 0. The molecule has 0 aliphatic rings. The molecule has 0 radical (unpaired) electrons. The molecular weight excluding hydrogens is 140 g/mol. The fraction of sp³-hybridized carbons (Fsp3) is 0.250. The molecule has 0 atom stereocenters. The second-order valence-corrected chi connectivity index (χ2v) is 2.48. The first kappa shape index (κ1) is 8.04. The highest BCUT2D eigenvalue weighted by Crippen LogP contribution is 2.09. The molecule has 1 rings (SSSR count). The molecule has 1 aromatic rings.